The molecular formula is C16H21N3. The first-order chi connectivity index (χ1) is 9.36. The standard InChI is InChI=1S/C16H21N3/c1-2-12-7-3-5-9-14(12)18-16-17-11-13-8-4-6-10-15(13)19-16/h4,6,8,10-12,14H,2-3,5,7,9H2,1H3,(H,17,18,19). The minimum absolute atomic E-state index is 0.542. The summed E-state index contributed by atoms with van der Waals surface area (Å²) in [4.78, 5) is 9.06. The van der Waals surface area contributed by atoms with E-state index in [0.29, 0.717) is 6.04 Å². The van der Waals surface area contributed by atoms with Gasteiger partial charge >= 0.3 is 0 Å². The number of para-hydroxylation sites is 1. The lowest BCUT2D eigenvalue weighted by Gasteiger charge is -2.31. The van der Waals surface area contributed by atoms with Crippen molar-refractivity contribution in [1.82, 2.24) is 9.97 Å². The Morgan fingerprint density at radius 1 is 1.21 bits per heavy atom. The second-order valence-corrected chi connectivity index (χ2v) is 5.46. The van der Waals surface area contributed by atoms with Crippen molar-refractivity contribution in [3.05, 3.63) is 30.5 Å². The molecule has 2 unspecified atom stereocenters. The zero-order chi connectivity index (χ0) is 13.1. The third kappa shape index (κ3) is 2.70. The molecule has 1 heterocycles. The molecule has 1 N–H and O–H groups in total. The van der Waals surface area contributed by atoms with Crippen molar-refractivity contribution < 1.29 is 0 Å². The molecule has 0 bridgehead atoms. The van der Waals surface area contributed by atoms with Crippen LogP contribution < -0.4 is 5.32 Å². The van der Waals surface area contributed by atoms with Gasteiger partial charge in [-0.3, -0.25) is 0 Å². The van der Waals surface area contributed by atoms with Crippen molar-refractivity contribution in [3.63, 3.8) is 0 Å². The van der Waals surface area contributed by atoms with E-state index in [1.165, 1.54) is 32.1 Å². The quantitative estimate of drug-likeness (QED) is 0.900. The van der Waals surface area contributed by atoms with E-state index < -0.39 is 0 Å². The van der Waals surface area contributed by atoms with Crippen LogP contribution in [0.2, 0.25) is 0 Å². The van der Waals surface area contributed by atoms with Crippen LogP contribution in [0.3, 0.4) is 0 Å². The summed E-state index contributed by atoms with van der Waals surface area (Å²) in [7, 11) is 0. The van der Waals surface area contributed by atoms with Gasteiger partial charge in [0.25, 0.3) is 0 Å². The Morgan fingerprint density at radius 3 is 2.95 bits per heavy atom. The third-order valence-electron chi connectivity index (χ3n) is 4.24. The number of hydrogen-bond acceptors (Lipinski definition) is 3. The molecule has 3 nitrogen and oxygen atoms in total. The molecule has 2 atom stereocenters. The van der Waals surface area contributed by atoms with Crippen molar-refractivity contribution >= 4 is 16.9 Å². The Morgan fingerprint density at radius 2 is 2.05 bits per heavy atom. The van der Waals surface area contributed by atoms with Crippen molar-refractivity contribution in [2.24, 2.45) is 5.92 Å². The van der Waals surface area contributed by atoms with Crippen LogP contribution in [-0.4, -0.2) is 16.0 Å². The highest BCUT2D eigenvalue weighted by Crippen LogP contribution is 2.28. The maximum absolute atomic E-state index is 4.62. The molecule has 3 rings (SSSR count). The van der Waals surface area contributed by atoms with Gasteiger partial charge in [0.05, 0.1) is 5.52 Å². The highest BCUT2D eigenvalue weighted by molar-refractivity contribution is 5.78. The number of nitrogens with zero attached hydrogens (tertiary/aromatic N) is 2. The number of nitrogens with one attached hydrogen (secondary N) is 1. The van der Waals surface area contributed by atoms with Crippen LogP contribution in [0.5, 0.6) is 0 Å². The van der Waals surface area contributed by atoms with Gasteiger partial charge in [0, 0.05) is 17.6 Å². The van der Waals surface area contributed by atoms with Gasteiger partial charge in [0.1, 0.15) is 0 Å². The van der Waals surface area contributed by atoms with Gasteiger partial charge in [-0.25, -0.2) is 9.97 Å². The summed E-state index contributed by atoms with van der Waals surface area (Å²) in [5.74, 6) is 1.55. The van der Waals surface area contributed by atoms with Crippen molar-refractivity contribution in [3.8, 4) is 0 Å². The number of fused-ring (bicyclic) bond motifs is 1. The predicted molar refractivity (Wildman–Crippen MR) is 79.2 cm³/mol. The van der Waals surface area contributed by atoms with Crippen LogP contribution in [0.25, 0.3) is 10.9 Å². The van der Waals surface area contributed by atoms with Gasteiger partial charge in [0.15, 0.2) is 0 Å². The summed E-state index contributed by atoms with van der Waals surface area (Å²) in [5, 5.41) is 4.65. The van der Waals surface area contributed by atoms with Gasteiger partial charge in [-0.15, -0.1) is 0 Å². The summed E-state index contributed by atoms with van der Waals surface area (Å²) < 4.78 is 0. The Balaban J connectivity index is 1.80. The first-order valence-electron chi connectivity index (χ1n) is 7.35. The lowest BCUT2D eigenvalue weighted by atomic mass is 9.83. The Bertz CT molecular complexity index is 552. The molecule has 1 aliphatic carbocycles. The van der Waals surface area contributed by atoms with E-state index in [0.717, 1.165) is 22.8 Å². The fourth-order valence-corrected chi connectivity index (χ4v) is 3.09. The summed E-state index contributed by atoms with van der Waals surface area (Å²) in [6.07, 6.45) is 8.42. The fraction of sp³-hybridized carbons (Fsp3) is 0.500. The molecule has 0 radical (unpaired) electrons. The Hall–Kier alpha value is -1.64. The highest BCUT2D eigenvalue weighted by atomic mass is 15.1. The van der Waals surface area contributed by atoms with E-state index in [-0.39, 0.29) is 0 Å². The smallest absolute Gasteiger partial charge is 0.223 e. The average Bonchev–Trinajstić information content (AvgIpc) is 2.48. The second-order valence-electron chi connectivity index (χ2n) is 5.46. The number of hydrogen-bond donors (Lipinski definition) is 1. The molecule has 1 aromatic heterocycles. The molecule has 0 aliphatic heterocycles. The minimum Gasteiger partial charge on any atom is -0.351 e. The maximum atomic E-state index is 4.62. The van der Waals surface area contributed by atoms with Gasteiger partial charge in [0.2, 0.25) is 5.95 Å². The fourth-order valence-electron chi connectivity index (χ4n) is 3.09. The van der Waals surface area contributed by atoms with Crippen LogP contribution in [0.4, 0.5) is 5.95 Å². The lowest BCUT2D eigenvalue weighted by molar-refractivity contribution is 0.316. The highest BCUT2D eigenvalue weighted by Gasteiger charge is 2.23. The number of anilines is 1. The molecular weight excluding hydrogens is 234 g/mol. The Kier molecular flexibility index (Phi) is 3.62. The van der Waals surface area contributed by atoms with E-state index in [4.69, 9.17) is 0 Å². The third-order valence-corrected chi connectivity index (χ3v) is 4.24. The lowest BCUT2D eigenvalue weighted by Crippen LogP contribution is -2.32. The maximum Gasteiger partial charge on any atom is 0.223 e. The molecule has 100 valence electrons. The largest absolute Gasteiger partial charge is 0.351 e. The zero-order valence-corrected chi connectivity index (χ0v) is 11.5. The van der Waals surface area contributed by atoms with E-state index >= 15 is 0 Å². The van der Waals surface area contributed by atoms with Crippen LogP contribution in [0.1, 0.15) is 39.0 Å². The van der Waals surface area contributed by atoms with Crippen LogP contribution >= 0.6 is 0 Å². The Labute approximate surface area is 114 Å². The molecule has 19 heavy (non-hydrogen) atoms. The van der Waals surface area contributed by atoms with Crippen LogP contribution in [-0.2, 0) is 0 Å². The number of benzene rings is 1. The van der Waals surface area contributed by atoms with Crippen LogP contribution in [0.15, 0.2) is 30.5 Å². The first-order valence-corrected chi connectivity index (χ1v) is 7.35. The topological polar surface area (TPSA) is 37.8 Å². The first kappa shape index (κ1) is 12.4. The SMILES string of the molecule is CCC1CCCCC1Nc1ncc2ccccc2n1. The summed E-state index contributed by atoms with van der Waals surface area (Å²) in [5.41, 5.74) is 1.02. The molecule has 0 amide bonds. The van der Waals surface area contributed by atoms with Crippen molar-refractivity contribution in [2.75, 3.05) is 5.32 Å². The summed E-state index contributed by atoms with van der Waals surface area (Å²) >= 11 is 0. The van der Waals surface area contributed by atoms with Crippen molar-refractivity contribution in [1.29, 1.82) is 0 Å². The van der Waals surface area contributed by atoms with E-state index in [2.05, 4.69) is 28.3 Å². The van der Waals surface area contributed by atoms with Crippen molar-refractivity contribution in [2.45, 2.75) is 45.1 Å². The van der Waals surface area contributed by atoms with Gasteiger partial charge in [-0.05, 0) is 24.8 Å². The van der Waals surface area contributed by atoms with Gasteiger partial charge in [-0.1, -0.05) is 44.4 Å². The molecule has 2 aromatic rings. The number of rotatable bonds is 3. The normalized spacial score (nSPS) is 23.4. The molecule has 1 fully saturated rings. The van der Waals surface area contributed by atoms with Gasteiger partial charge in [-0.2, -0.15) is 0 Å². The van der Waals surface area contributed by atoms with Gasteiger partial charge < -0.3 is 5.32 Å². The summed E-state index contributed by atoms with van der Waals surface area (Å²) in [6, 6.07) is 8.68. The molecule has 1 aliphatic rings. The number of aromatic nitrogens is 2. The second kappa shape index (κ2) is 5.55. The monoisotopic (exact) mass is 255 g/mol. The molecule has 1 aromatic carbocycles. The molecule has 3 heteroatoms. The average molecular weight is 255 g/mol. The van der Waals surface area contributed by atoms with E-state index in [1.807, 2.05) is 24.4 Å². The van der Waals surface area contributed by atoms with E-state index in [9.17, 15) is 0 Å². The predicted octanol–water partition coefficient (Wildman–Crippen LogP) is 4.01. The van der Waals surface area contributed by atoms with Crippen LogP contribution in [0, 0.1) is 5.92 Å². The summed E-state index contributed by atoms with van der Waals surface area (Å²) in [6.45, 7) is 2.28. The molecule has 0 saturated heterocycles. The molecule has 1 saturated carbocycles. The van der Waals surface area contributed by atoms with E-state index in [1.54, 1.807) is 0 Å². The zero-order valence-electron chi connectivity index (χ0n) is 11.5. The minimum atomic E-state index is 0.542. The molecule has 0 spiro atoms.